The lowest BCUT2D eigenvalue weighted by molar-refractivity contribution is -0.143. The predicted octanol–water partition coefficient (Wildman–Crippen LogP) is 1.88. The van der Waals surface area contributed by atoms with Gasteiger partial charge in [0.2, 0.25) is 0 Å². The fourth-order valence-electron chi connectivity index (χ4n) is 2.83. The van der Waals surface area contributed by atoms with Crippen LogP contribution in [0.1, 0.15) is 49.7 Å². The van der Waals surface area contributed by atoms with Crippen molar-refractivity contribution in [3.8, 4) is 0 Å². The zero-order chi connectivity index (χ0) is 15.8. The first-order chi connectivity index (χ1) is 9.71. The molecule has 1 fully saturated rings. The Labute approximate surface area is 124 Å². The molecule has 1 atom stereocenters. The molecular weight excluding hydrogens is 270 g/mol. The third-order valence-corrected chi connectivity index (χ3v) is 3.93. The highest BCUT2D eigenvalue weighted by atomic mass is 16.4. The summed E-state index contributed by atoms with van der Waals surface area (Å²) in [7, 11) is 0. The van der Waals surface area contributed by atoms with Gasteiger partial charge in [-0.05, 0) is 40.5 Å². The Hall–Kier alpha value is -1.85. The largest absolute Gasteiger partial charge is 0.481 e. The minimum absolute atomic E-state index is 0.117. The van der Waals surface area contributed by atoms with Gasteiger partial charge in [-0.15, -0.1) is 0 Å². The van der Waals surface area contributed by atoms with Crippen LogP contribution >= 0.6 is 0 Å². The SMILES string of the molecule is Cc1c(C(=O)N2CCC[C@@H](C(=O)O)C2)cnn1C(C)(C)C. The van der Waals surface area contributed by atoms with Gasteiger partial charge in [-0.3, -0.25) is 14.3 Å². The molecule has 1 aromatic heterocycles. The number of aliphatic carboxylic acids is 1. The summed E-state index contributed by atoms with van der Waals surface area (Å²) in [6.45, 7) is 8.87. The van der Waals surface area contributed by atoms with E-state index in [-0.39, 0.29) is 18.0 Å². The van der Waals surface area contributed by atoms with Gasteiger partial charge in [0.15, 0.2) is 0 Å². The first-order valence-electron chi connectivity index (χ1n) is 7.29. The number of carbonyl (C=O) groups excluding carboxylic acids is 1. The van der Waals surface area contributed by atoms with Crippen LogP contribution in [0.5, 0.6) is 0 Å². The normalized spacial score (nSPS) is 19.6. The number of piperidine rings is 1. The first-order valence-corrected chi connectivity index (χ1v) is 7.29. The van der Waals surface area contributed by atoms with Gasteiger partial charge in [0.25, 0.3) is 5.91 Å². The van der Waals surface area contributed by atoms with Gasteiger partial charge < -0.3 is 10.0 Å². The lowest BCUT2D eigenvalue weighted by Crippen LogP contribution is -2.42. The van der Waals surface area contributed by atoms with E-state index in [1.54, 1.807) is 11.1 Å². The third kappa shape index (κ3) is 3.09. The summed E-state index contributed by atoms with van der Waals surface area (Å²) in [5.74, 6) is -1.40. The maximum absolute atomic E-state index is 12.6. The topological polar surface area (TPSA) is 75.4 Å². The second-order valence-corrected chi connectivity index (χ2v) is 6.65. The molecule has 6 nitrogen and oxygen atoms in total. The van der Waals surface area contributed by atoms with E-state index in [1.807, 2.05) is 32.4 Å². The van der Waals surface area contributed by atoms with Crippen molar-refractivity contribution >= 4 is 11.9 Å². The zero-order valence-electron chi connectivity index (χ0n) is 13.1. The van der Waals surface area contributed by atoms with Gasteiger partial charge in [-0.25, -0.2) is 0 Å². The maximum atomic E-state index is 12.6. The molecule has 116 valence electrons. The summed E-state index contributed by atoms with van der Waals surface area (Å²) >= 11 is 0. The van der Waals surface area contributed by atoms with Crippen molar-refractivity contribution in [3.05, 3.63) is 17.5 Å². The molecule has 0 aromatic carbocycles. The van der Waals surface area contributed by atoms with Gasteiger partial charge in [-0.1, -0.05) is 0 Å². The Morgan fingerprint density at radius 2 is 2.05 bits per heavy atom. The summed E-state index contributed by atoms with van der Waals surface area (Å²) in [6.07, 6.45) is 2.96. The minimum atomic E-state index is -0.824. The van der Waals surface area contributed by atoms with Crippen LogP contribution in [0.25, 0.3) is 0 Å². The molecule has 1 aromatic rings. The Morgan fingerprint density at radius 1 is 1.38 bits per heavy atom. The van der Waals surface area contributed by atoms with E-state index in [0.717, 1.165) is 12.1 Å². The zero-order valence-corrected chi connectivity index (χ0v) is 13.1. The number of rotatable bonds is 2. The molecule has 0 spiro atoms. The van der Waals surface area contributed by atoms with E-state index in [0.29, 0.717) is 18.5 Å². The second kappa shape index (κ2) is 5.50. The Kier molecular flexibility index (Phi) is 4.07. The van der Waals surface area contributed by atoms with Gasteiger partial charge in [0, 0.05) is 18.8 Å². The van der Waals surface area contributed by atoms with Crippen molar-refractivity contribution in [2.24, 2.45) is 5.92 Å². The molecule has 0 saturated carbocycles. The van der Waals surface area contributed by atoms with Crippen LogP contribution in [0.2, 0.25) is 0 Å². The third-order valence-electron chi connectivity index (χ3n) is 3.93. The van der Waals surface area contributed by atoms with E-state index < -0.39 is 11.9 Å². The number of aromatic nitrogens is 2. The van der Waals surface area contributed by atoms with E-state index in [1.165, 1.54) is 0 Å². The molecule has 21 heavy (non-hydrogen) atoms. The Morgan fingerprint density at radius 3 is 2.57 bits per heavy atom. The average Bonchev–Trinajstić information content (AvgIpc) is 2.79. The van der Waals surface area contributed by atoms with Crippen LogP contribution in [-0.4, -0.2) is 44.8 Å². The van der Waals surface area contributed by atoms with Crippen LogP contribution in [-0.2, 0) is 10.3 Å². The van der Waals surface area contributed by atoms with Crippen LogP contribution in [0.3, 0.4) is 0 Å². The molecule has 6 heteroatoms. The highest BCUT2D eigenvalue weighted by Gasteiger charge is 2.30. The molecule has 1 N–H and O–H groups in total. The van der Waals surface area contributed by atoms with Crippen LogP contribution in [0.4, 0.5) is 0 Å². The summed E-state index contributed by atoms with van der Waals surface area (Å²) in [5.41, 5.74) is 1.20. The highest BCUT2D eigenvalue weighted by molar-refractivity contribution is 5.95. The number of nitrogens with zero attached hydrogens (tertiary/aromatic N) is 3. The van der Waals surface area contributed by atoms with E-state index >= 15 is 0 Å². The molecule has 1 aliphatic rings. The standard InChI is InChI=1S/C15H23N3O3/c1-10-12(8-16-18(10)15(2,3)4)13(19)17-7-5-6-11(9-17)14(20)21/h8,11H,5-7,9H2,1-4H3,(H,20,21)/t11-/m1/s1. The fourth-order valence-corrected chi connectivity index (χ4v) is 2.83. The van der Waals surface area contributed by atoms with Crippen molar-refractivity contribution in [1.29, 1.82) is 0 Å². The first kappa shape index (κ1) is 15.5. The Bertz CT molecular complexity index is 557. The molecule has 2 rings (SSSR count). The number of carboxylic acids is 1. The summed E-state index contributed by atoms with van der Waals surface area (Å²) in [5, 5.41) is 13.4. The molecule has 1 aliphatic heterocycles. The van der Waals surface area contributed by atoms with Crippen molar-refractivity contribution in [2.45, 2.75) is 46.1 Å². The van der Waals surface area contributed by atoms with E-state index in [9.17, 15) is 9.59 Å². The smallest absolute Gasteiger partial charge is 0.308 e. The molecule has 1 saturated heterocycles. The lowest BCUT2D eigenvalue weighted by atomic mass is 9.97. The number of carbonyl (C=O) groups is 2. The minimum Gasteiger partial charge on any atom is -0.481 e. The number of amides is 1. The summed E-state index contributed by atoms with van der Waals surface area (Å²) in [6, 6.07) is 0. The number of hydrogen-bond donors (Lipinski definition) is 1. The molecule has 0 aliphatic carbocycles. The van der Waals surface area contributed by atoms with Crippen LogP contribution < -0.4 is 0 Å². The summed E-state index contributed by atoms with van der Waals surface area (Å²) in [4.78, 5) is 25.4. The van der Waals surface area contributed by atoms with Gasteiger partial charge in [0.05, 0.1) is 23.2 Å². The van der Waals surface area contributed by atoms with Gasteiger partial charge in [-0.2, -0.15) is 5.10 Å². The van der Waals surface area contributed by atoms with E-state index in [4.69, 9.17) is 5.11 Å². The Balaban J connectivity index is 2.21. The van der Waals surface area contributed by atoms with Crippen molar-refractivity contribution < 1.29 is 14.7 Å². The maximum Gasteiger partial charge on any atom is 0.308 e. The van der Waals surface area contributed by atoms with Crippen molar-refractivity contribution in [3.63, 3.8) is 0 Å². The molecule has 0 radical (unpaired) electrons. The molecule has 2 heterocycles. The average molecular weight is 293 g/mol. The van der Waals surface area contributed by atoms with Crippen molar-refractivity contribution in [1.82, 2.24) is 14.7 Å². The fraction of sp³-hybridized carbons (Fsp3) is 0.667. The van der Waals surface area contributed by atoms with Gasteiger partial charge in [0.1, 0.15) is 0 Å². The van der Waals surface area contributed by atoms with Gasteiger partial charge >= 0.3 is 5.97 Å². The highest BCUT2D eigenvalue weighted by Crippen LogP contribution is 2.22. The second-order valence-electron chi connectivity index (χ2n) is 6.65. The quantitative estimate of drug-likeness (QED) is 0.903. The number of carboxylic acid groups (broad SMARTS) is 1. The summed E-state index contributed by atoms with van der Waals surface area (Å²) < 4.78 is 1.83. The van der Waals surface area contributed by atoms with Crippen molar-refractivity contribution in [2.75, 3.05) is 13.1 Å². The predicted molar refractivity (Wildman–Crippen MR) is 78.2 cm³/mol. The van der Waals surface area contributed by atoms with Crippen LogP contribution in [0.15, 0.2) is 6.20 Å². The monoisotopic (exact) mass is 293 g/mol. The molecule has 0 bridgehead atoms. The van der Waals surface area contributed by atoms with Crippen LogP contribution in [0, 0.1) is 12.8 Å². The number of likely N-dealkylation sites (tertiary alicyclic amines) is 1. The van der Waals surface area contributed by atoms with E-state index in [2.05, 4.69) is 5.10 Å². The molecule has 0 unspecified atom stereocenters. The lowest BCUT2D eigenvalue weighted by Gasteiger charge is -2.30. The number of hydrogen-bond acceptors (Lipinski definition) is 3. The molecule has 1 amide bonds. The molecular formula is C15H23N3O3.